The highest BCUT2D eigenvalue weighted by molar-refractivity contribution is 7.79. The summed E-state index contributed by atoms with van der Waals surface area (Å²) in [5, 5.41) is 10.5. The molecule has 0 spiro atoms. The SMILES string of the molecule is CC1C2(C)CC(S(=O)[O-])C1(C)C(C)(O)C2(C)C. The largest absolute Gasteiger partial charge is 0.772 e. The van der Waals surface area contributed by atoms with E-state index in [1.165, 1.54) is 0 Å². The van der Waals surface area contributed by atoms with Crippen molar-refractivity contribution in [3.05, 3.63) is 0 Å². The Hall–Kier alpha value is 0.0700. The van der Waals surface area contributed by atoms with Gasteiger partial charge in [-0.15, -0.1) is 0 Å². The molecular formula is C13H23O3S-. The molecule has 0 heterocycles. The topological polar surface area (TPSA) is 60.4 Å². The average molecular weight is 259 g/mol. The molecule has 0 saturated heterocycles. The number of hydrogen-bond donors (Lipinski definition) is 1. The molecule has 6 unspecified atom stereocenters. The standard InChI is InChI=1S/C13H24O3S/c1-8-11(4)7-9(17(15)16)12(8,5)13(6,14)10(11,2)3/h8-9,14H,7H2,1-6H3,(H,15,16)/p-1. The molecule has 2 aliphatic carbocycles. The zero-order valence-corrected chi connectivity index (χ0v) is 12.4. The average Bonchev–Trinajstić information content (AvgIpc) is 2.44. The third-order valence-electron chi connectivity index (χ3n) is 7.06. The van der Waals surface area contributed by atoms with Gasteiger partial charge in [-0.05, 0) is 30.1 Å². The van der Waals surface area contributed by atoms with E-state index in [4.69, 9.17) is 0 Å². The van der Waals surface area contributed by atoms with Crippen molar-refractivity contribution in [1.82, 2.24) is 0 Å². The molecule has 2 aliphatic rings. The van der Waals surface area contributed by atoms with Gasteiger partial charge in [0.15, 0.2) is 0 Å². The maximum Gasteiger partial charge on any atom is 0.0742 e. The van der Waals surface area contributed by atoms with E-state index < -0.39 is 27.3 Å². The van der Waals surface area contributed by atoms with Gasteiger partial charge in [-0.2, -0.15) is 0 Å². The molecule has 0 amide bonds. The number of hydrogen-bond acceptors (Lipinski definition) is 3. The summed E-state index contributed by atoms with van der Waals surface area (Å²) in [4.78, 5) is 0. The number of rotatable bonds is 1. The Kier molecular flexibility index (Phi) is 2.50. The first-order valence-corrected chi connectivity index (χ1v) is 7.39. The fourth-order valence-electron chi connectivity index (χ4n) is 4.74. The lowest BCUT2D eigenvalue weighted by atomic mass is 9.56. The van der Waals surface area contributed by atoms with Crippen molar-refractivity contribution >= 4 is 11.1 Å². The highest BCUT2D eigenvalue weighted by Crippen LogP contribution is 2.77. The first-order valence-electron chi connectivity index (χ1n) is 6.25. The Labute approximate surface area is 106 Å². The third kappa shape index (κ3) is 1.09. The van der Waals surface area contributed by atoms with E-state index in [9.17, 15) is 13.9 Å². The molecule has 3 nitrogen and oxygen atoms in total. The van der Waals surface area contributed by atoms with Crippen LogP contribution in [0.4, 0.5) is 0 Å². The molecule has 6 atom stereocenters. The van der Waals surface area contributed by atoms with E-state index in [2.05, 4.69) is 27.7 Å². The fraction of sp³-hybridized carbons (Fsp3) is 1.00. The van der Waals surface area contributed by atoms with Crippen LogP contribution in [0, 0.1) is 22.2 Å². The van der Waals surface area contributed by atoms with Gasteiger partial charge in [0.05, 0.1) is 5.60 Å². The Morgan fingerprint density at radius 1 is 1.24 bits per heavy atom. The van der Waals surface area contributed by atoms with Gasteiger partial charge in [-0.3, -0.25) is 4.21 Å². The van der Waals surface area contributed by atoms with Gasteiger partial charge in [-0.1, -0.05) is 45.7 Å². The minimum atomic E-state index is -2.12. The van der Waals surface area contributed by atoms with Crippen LogP contribution >= 0.6 is 0 Å². The van der Waals surface area contributed by atoms with Crippen LogP contribution in [0.2, 0.25) is 0 Å². The van der Waals surface area contributed by atoms with Crippen molar-refractivity contribution in [3.63, 3.8) is 0 Å². The lowest BCUT2D eigenvalue weighted by Gasteiger charge is -2.55. The highest BCUT2D eigenvalue weighted by atomic mass is 32.2. The summed E-state index contributed by atoms with van der Waals surface area (Å²) in [6, 6.07) is 0. The van der Waals surface area contributed by atoms with E-state index in [1.54, 1.807) is 0 Å². The molecular weight excluding hydrogens is 236 g/mol. The smallest absolute Gasteiger partial charge is 0.0742 e. The zero-order valence-electron chi connectivity index (χ0n) is 11.5. The maximum absolute atomic E-state index is 11.5. The van der Waals surface area contributed by atoms with Crippen LogP contribution in [-0.4, -0.2) is 24.7 Å². The quantitative estimate of drug-likeness (QED) is 0.733. The summed E-state index contributed by atoms with van der Waals surface area (Å²) in [6.07, 6.45) is 0.657. The van der Waals surface area contributed by atoms with Crippen LogP contribution in [0.1, 0.15) is 48.0 Å². The Morgan fingerprint density at radius 2 is 1.71 bits per heavy atom. The van der Waals surface area contributed by atoms with Gasteiger partial charge in [0.25, 0.3) is 0 Å². The Balaban J connectivity index is 2.66. The second-order valence-electron chi connectivity index (χ2n) is 7.07. The van der Waals surface area contributed by atoms with Gasteiger partial charge in [-0.25, -0.2) is 0 Å². The summed E-state index contributed by atoms with van der Waals surface area (Å²) in [6.45, 7) is 12.1. The van der Waals surface area contributed by atoms with Crippen LogP contribution in [0.3, 0.4) is 0 Å². The second kappa shape index (κ2) is 3.14. The van der Waals surface area contributed by atoms with Crippen LogP contribution < -0.4 is 0 Å². The van der Waals surface area contributed by atoms with Crippen LogP contribution in [0.25, 0.3) is 0 Å². The summed E-state index contributed by atoms with van der Waals surface area (Å²) >= 11 is -2.12. The van der Waals surface area contributed by atoms with E-state index >= 15 is 0 Å². The molecule has 1 N–H and O–H groups in total. The molecule has 2 bridgehead atoms. The third-order valence-corrected chi connectivity index (χ3v) is 8.18. The van der Waals surface area contributed by atoms with Crippen molar-refractivity contribution in [3.8, 4) is 0 Å². The van der Waals surface area contributed by atoms with Crippen molar-refractivity contribution in [1.29, 1.82) is 0 Å². The summed E-state index contributed by atoms with van der Waals surface area (Å²) in [5.41, 5.74) is -1.92. The monoisotopic (exact) mass is 259 g/mol. The Bertz CT molecular complexity index is 383. The van der Waals surface area contributed by atoms with Gasteiger partial charge < -0.3 is 9.66 Å². The molecule has 0 aromatic rings. The van der Waals surface area contributed by atoms with Crippen molar-refractivity contribution in [2.75, 3.05) is 0 Å². The first kappa shape index (κ1) is 13.5. The molecule has 4 heteroatoms. The van der Waals surface area contributed by atoms with Crippen molar-refractivity contribution in [2.24, 2.45) is 22.2 Å². The van der Waals surface area contributed by atoms with Gasteiger partial charge >= 0.3 is 0 Å². The molecule has 2 fully saturated rings. The number of fused-ring (bicyclic) bond motifs is 2. The molecule has 100 valence electrons. The molecule has 0 aromatic heterocycles. The van der Waals surface area contributed by atoms with Crippen LogP contribution in [-0.2, 0) is 11.1 Å². The molecule has 0 aliphatic heterocycles. The minimum absolute atomic E-state index is 0.129. The molecule has 2 rings (SSSR count). The van der Waals surface area contributed by atoms with E-state index in [-0.39, 0.29) is 16.7 Å². The predicted molar refractivity (Wildman–Crippen MR) is 67.1 cm³/mol. The van der Waals surface area contributed by atoms with Gasteiger partial charge in [0.2, 0.25) is 0 Å². The highest BCUT2D eigenvalue weighted by Gasteiger charge is 2.78. The molecule has 0 radical (unpaired) electrons. The molecule has 17 heavy (non-hydrogen) atoms. The van der Waals surface area contributed by atoms with Gasteiger partial charge in [0, 0.05) is 10.7 Å². The zero-order chi connectivity index (χ0) is 13.4. The fourth-order valence-corrected chi connectivity index (χ4v) is 6.06. The summed E-state index contributed by atoms with van der Waals surface area (Å²) < 4.78 is 22.9. The van der Waals surface area contributed by atoms with Crippen LogP contribution in [0.5, 0.6) is 0 Å². The lowest BCUT2D eigenvalue weighted by molar-refractivity contribution is -0.143. The molecule has 2 saturated carbocycles. The summed E-state index contributed by atoms with van der Waals surface area (Å²) in [5.74, 6) is 0.197. The van der Waals surface area contributed by atoms with Gasteiger partial charge in [0.1, 0.15) is 0 Å². The first-order chi connectivity index (χ1) is 7.44. The molecule has 0 aromatic carbocycles. The van der Waals surface area contributed by atoms with Crippen LogP contribution in [0.15, 0.2) is 0 Å². The Morgan fingerprint density at radius 3 is 2.00 bits per heavy atom. The van der Waals surface area contributed by atoms with E-state index in [1.807, 2.05) is 13.8 Å². The maximum atomic E-state index is 11.5. The predicted octanol–water partition coefficient (Wildman–Crippen LogP) is 2.08. The minimum Gasteiger partial charge on any atom is -0.772 e. The normalized spacial score (nSPS) is 58.4. The lowest BCUT2D eigenvalue weighted by Crippen LogP contribution is -2.59. The summed E-state index contributed by atoms with van der Waals surface area (Å²) in [7, 11) is 0. The van der Waals surface area contributed by atoms with E-state index in [0.29, 0.717) is 6.42 Å². The van der Waals surface area contributed by atoms with E-state index in [0.717, 1.165) is 0 Å². The van der Waals surface area contributed by atoms with Crippen molar-refractivity contribution < 1.29 is 13.9 Å². The van der Waals surface area contributed by atoms with Crippen molar-refractivity contribution in [2.45, 2.75) is 58.8 Å². The number of aliphatic hydroxyl groups is 1. The second-order valence-corrected chi connectivity index (χ2v) is 8.16.